The summed E-state index contributed by atoms with van der Waals surface area (Å²) in [5.74, 6) is 2.13. The maximum Gasteiger partial charge on any atom is 0.118 e. The summed E-state index contributed by atoms with van der Waals surface area (Å²) in [5.41, 5.74) is 0. The molecule has 1 aromatic rings. The number of furan rings is 1. The third-order valence-electron chi connectivity index (χ3n) is 3.66. The van der Waals surface area contributed by atoms with Crippen molar-refractivity contribution in [2.75, 3.05) is 13.1 Å². The van der Waals surface area contributed by atoms with Crippen LogP contribution in [0.1, 0.15) is 24.4 Å². The highest BCUT2D eigenvalue weighted by Crippen LogP contribution is 2.26. The highest BCUT2D eigenvalue weighted by atomic mass is 16.3. The number of hydrogen-bond acceptors (Lipinski definition) is 3. The number of likely N-dealkylation sites (tertiary alicyclic amines) is 1. The van der Waals surface area contributed by atoms with Gasteiger partial charge in [-0.2, -0.15) is 0 Å². The molecule has 3 heteroatoms. The number of hydrogen-bond donors (Lipinski definition) is 1. The van der Waals surface area contributed by atoms with Crippen molar-refractivity contribution < 1.29 is 4.42 Å². The Morgan fingerprint density at radius 1 is 1.47 bits per heavy atom. The molecule has 82 valence electrons. The van der Waals surface area contributed by atoms with Crippen molar-refractivity contribution in [2.45, 2.75) is 38.4 Å². The van der Waals surface area contributed by atoms with Crippen LogP contribution in [0.25, 0.3) is 0 Å². The normalized spacial score (nSPS) is 31.0. The SMILES string of the molecule is Cc1ccc(CN2CC[C@H]3NCC[C@@H]32)o1. The zero-order chi connectivity index (χ0) is 10.3. The van der Waals surface area contributed by atoms with E-state index in [2.05, 4.69) is 22.3 Å². The Morgan fingerprint density at radius 3 is 3.20 bits per heavy atom. The molecule has 2 saturated heterocycles. The predicted octanol–water partition coefficient (Wildman–Crippen LogP) is 1.52. The van der Waals surface area contributed by atoms with Crippen molar-refractivity contribution >= 4 is 0 Å². The van der Waals surface area contributed by atoms with Crippen LogP contribution < -0.4 is 5.32 Å². The minimum atomic E-state index is 0.737. The molecule has 0 spiro atoms. The van der Waals surface area contributed by atoms with Crippen LogP contribution in [0.3, 0.4) is 0 Å². The first-order chi connectivity index (χ1) is 7.33. The van der Waals surface area contributed by atoms with Crippen LogP contribution in [0.2, 0.25) is 0 Å². The van der Waals surface area contributed by atoms with Gasteiger partial charge in [0.15, 0.2) is 0 Å². The minimum absolute atomic E-state index is 0.737. The molecular weight excluding hydrogens is 188 g/mol. The number of aryl methyl sites for hydroxylation is 1. The maximum atomic E-state index is 5.63. The van der Waals surface area contributed by atoms with Gasteiger partial charge >= 0.3 is 0 Å². The lowest BCUT2D eigenvalue weighted by Crippen LogP contribution is -2.33. The first-order valence-corrected chi connectivity index (χ1v) is 5.86. The van der Waals surface area contributed by atoms with Crippen LogP contribution in [-0.4, -0.2) is 30.1 Å². The Hall–Kier alpha value is -0.800. The van der Waals surface area contributed by atoms with E-state index < -0.39 is 0 Å². The summed E-state index contributed by atoms with van der Waals surface area (Å²) in [6, 6.07) is 5.64. The fourth-order valence-corrected chi connectivity index (χ4v) is 2.92. The highest BCUT2D eigenvalue weighted by Gasteiger charge is 2.37. The van der Waals surface area contributed by atoms with Crippen molar-refractivity contribution in [1.82, 2.24) is 10.2 Å². The second kappa shape index (κ2) is 3.65. The topological polar surface area (TPSA) is 28.4 Å². The quantitative estimate of drug-likeness (QED) is 0.795. The molecule has 2 aliphatic heterocycles. The standard InChI is InChI=1S/C12H18N2O/c1-9-2-3-10(15-9)8-14-7-5-11-12(14)4-6-13-11/h2-3,11-13H,4-8H2,1H3/t11-,12+/m1/s1. The monoisotopic (exact) mass is 206 g/mol. The molecule has 2 atom stereocenters. The third kappa shape index (κ3) is 1.70. The molecule has 2 fully saturated rings. The number of nitrogens with one attached hydrogen (secondary N) is 1. The molecule has 1 aromatic heterocycles. The molecule has 15 heavy (non-hydrogen) atoms. The van der Waals surface area contributed by atoms with E-state index in [0.29, 0.717) is 0 Å². The van der Waals surface area contributed by atoms with Gasteiger partial charge in [-0.25, -0.2) is 0 Å². The fourth-order valence-electron chi connectivity index (χ4n) is 2.92. The van der Waals surface area contributed by atoms with Gasteiger partial charge in [-0.1, -0.05) is 0 Å². The van der Waals surface area contributed by atoms with Gasteiger partial charge in [0.2, 0.25) is 0 Å². The van der Waals surface area contributed by atoms with Crippen LogP contribution in [-0.2, 0) is 6.54 Å². The van der Waals surface area contributed by atoms with Gasteiger partial charge < -0.3 is 9.73 Å². The Labute approximate surface area is 90.4 Å². The predicted molar refractivity (Wildman–Crippen MR) is 58.7 cm³/mol. The van der Waals surface area contributed by atoms with E-state index in [0.717, 1.165) is 30.1 Å². The molecule has 1 N–H and O–H groups in total. The van der Waals surface area contributed by atoms with E-state index in [9.17, 15) is 0 Å². The van der Waals surface area contributed by atoms with Crippen LogP contribution in [0.4, 0.5) is 0 Å². The van der Waals surface area contributed by atoms with E-state index in [1.54, 1.807) is 0 Å². The zero-order valence-corrected chi connectivity index (χ0v) is 9.20. The van der Waals surface area contributed by atoms with Gasteiger partial charge in [-0.05, 0) is 38.4 Å². The average Bonchev–Trinajstić information content (AvgIpc) is 2.85. The molecular formula is C12H18N2O. The zero-order valence-electron chi connectivity index (χ0n) is 9.20. The maximum absolute atomic E-state index is 5.63. The molecule has 0 aliphatic carbocycles. The molecule has 3 heterocycles. The van der Waals surface area contributed by atoms with Crippen molar-refractivity contribution in [2.24, 2.45) is 0 Å². The lowest BCUT2D eigenvalue weighted by molar-refractivity contribution is 0.224. The van der Waals surface area contributed by atoms with E-state index in [4.69, 9.17) is 4.42 Å². The highest BCUT2D eigenvalue weighted by molar-refractivity contribution is 5.07. The van der Waals surface area contributed by atoms with Gasteiger partial charge in [0.05, 0.1) is 6.54 Å². The van der Waals surface area contributed by atoms with Crippen molar-refractivity contribution in [1.29, 1.82) is 0 Å². The van der Waals surface area contributed by atoms with E-state index in [1.165, 1.54) is 25.9 Å². The summed E-state index contributed by atoms with van der Waals surface area (Å²) < 4.78 is 5.63. The Bertz CT molecular complexity index is 347. The van der Waals surface area contributed by atoms with Gasteiger partial charge in [0.1, 0.15) is 11.5 Å². The minimum Gasteiger partial charge on any atom is -0.465 e. The van der Waals surface area contributed by atoms with E-state index in [1.807, 2.05) is 6.92 Å². The molecule has 0 amide bonds. The second-order valence-electron chi connectivity index (χ2n) is 4.69. The number of nitrogens with zero attached hydrogens (tertiary/aromatic N) is 1. The van der Waals surface area contributed by atoms with Gasteiger partial charge in [-0.3, -0.25) is 4.90 Å². The average molecular weight is 206 g/mol. The van der Waals surface area contributed by atoms with Crippen LogP contribution in [0, 0.1) is 6.92 Å². The van der Waals surface area contributed by atoms with Gasteiger partial charge in [0.25, 0.3) is 0 Å². The van der Waals surface area contributed by atoms with Crippen molar-refractivity contribution in [3.63, 3.8) is 0 Å². The van der Waals surface area contributed by atoms with Gasteiger partial charge in [-0.15, -0.1) is 0 Å². The first kappa shape index (κ1) is 9.43. The summed E-state index contributed by atoms with van der Waals surface area (Å²) in [6.45, 7) is 5.38. The summed E-state index contributed by atoms with van der Waals surface area (Å²) in [7, 11) is 0. The lowest BCUT2D eigenvalue weighted by Gasteiger charge is -2.21. The smallest absolute Gasteiger partial charge is 0.118 e. The van der Waals surface area contributed by atoms with Crippen LogP contribution in [0.15, 0.2) is 16.5 Å². The van der Waals surface area contributed by atoms with Gasteiger partial charge in [0, 0.05) is 18.6 Å². The van der Waals surface area contributed by atoms with Crippen molar-refractivity contribution in [3.8, 4) is 0 Å². The molecule has 0 saturated carbocycles. The Kier molecular flexibility index (Phi) is 2.29. The summed E-state index contributed by atoms with van der Waals surface area (Å²) in [4.78, 5) is 2.56. The molecule has 0 unspecified atom stereocenters. The summed E-state index contributed by atoms with van der Waals surface area (Å²) >= 11 is 0. The fraction of sp³-hybridized carbons (Fsp3) is 0.667. The molecule has 0 aromatic carbocycles. The van der Waals surface area contributed by atoms with E-state index >= 15 is 0 Å². The third-order valence-corrected chi connectivity index (χ3v) is 3.66. The molecule has 3 rings (SSSR count). The van der Waals surface area contributed by atoms with Crippen LogP contribution >= 0.6 is 0 Å². The largest absolute Gasteiger partial charge is 0.465 e. The molecule has 0 bridgehead atoms. The Balaban J connectivity index is 1.68. The molecule has 2 aliphatic rings. The Morgan fingerprint density at radius 2 is 2.40 bits per heavy atom. The van der Waals surface area contributed by atoms with Crippen molar-refractivity contribution in [3.05, 3.63) is 23.7 Å². The van der Waals surface area contributed by atoms with Crippen LogP contribution in [0.5, 0.6) is 0 Å². The van der Waals surface area contributed by atoms with E-state index in [-0.39, 0.29) is 0 Å². The summed E-state index contributed by atoms with van der Waals surface area (Å²) in [6.07, 6.45) is 2.59. The first-order valence-electron chi connectivity index (χ1n) is 5.86. The molecule has 3 nitrogen and oxygen atoms in total. The summed E-state index contributed by atoms with van der Waals surface area (Å²) in [5, 5.41) is 3.57. The second-order valence-corrected chi connectivity index (χ2v) is 4.69. The molecule has 0 radical (unpaired) electrons. The number of rotatable bonds is 2. The lowest BCUT2D eigenvalue weighted by atomic mass is 10.1. The number of fused-ring (bicyclic) bond motifs is 1.